The molecule has 1 amide bonds. The maximum absolute atomic E-state index is 12.3. The second-order valence-corrected chi connectivity index (χ2v) is 8.36. The molecule has 160 valence electrons. The number of furan rings is 1. The Balaban J connectivity index is 1.61. The van der Waals surface area contributed by atoms with Crippen molar-refractivity contribution in [2.45, 2.75) is 50.2 Å². The lowest BCUT2D eigenvalue weighted by molar-refractivity contribution is 0.0948. The van der Waals surface area contributed by atoms with Gasteiger partial charge < -0.3 is 19.0 Å². The van der Waals surface area contributed by atoms with Crippen LogP contribution in [0.4, 0.5) is 0 Å². The van der Waals surface area contributed by atoms with Crippen LogP contribution in [0.25, 0.3) is 0 Å². The summed E-state index contributed by atoms with van der Waals surface area (Å²) in [5.41, 5.74) is 1.73. The molecule has 3 aromatic rings. The molecule has 0 unspecified atom stereocenters. The van der Waals surface area contributed by atoms with Crippen molar-refractivity contribution >= 4 is 17.7 Å². The molecular formula is C22H28N4O3S. The van der Waals surface area contributed by atoms with Gasteiger partial charge in [-0.25, -0.2) is 0 Å². The summed E-state index contributed by atoms with van der Waals surface area (Å²) in [6, 6.07) is 11.4. The van der Waals surface area contributed by atoms with Crippen LogP contribution in [0.1, 0.15) is 60.2 Å². The first-order valence-corrected chi connectivity index (χ1v) is 10.9. The van der Waals surface area contributed by atoms with E-state index in [-0.39, 0.29) is 17.9 Å². The molecule has 0 saturated carbocycles. The minimum atomic E-state index is -0.125. The average Bonchev–Trinajstić information content (AvgIpc) is 3.41. The first-order valence-electron chi connectivity index (χ1n) is 9.95. The molecule has 2 heterocycles. The van der Waals surface area contributed by atoms with Crippen LogP contribution < -0.4 is 5.32 Å². The number of thioether (sulfide) groups is 1. The van der Waals surface area contributed by atoms with Crippen LogP contribution in [0.5, 0.6) is 0 Å². The molecule has 30 heavy (non-hydrogen) atoms. The maximum Gasteiger partial charge on any atom is 0.251 e. The quantitative estimate of drug-likeness (QED) is 0.481. The highest BCUT2D eigenvalue weighted by Gasteiger charge is 2.20. The highest BCUT2D eigenvalue weighted by molar-refractivity contribution is 7.98. The lowest BCUT2D eigenvalue weighted by Crippen LogP contribution is -2.22. The summed E-state index contributed by atoms with van der Waals surface area (Å²) in [4.78, 5) is 12.3. The zero-order chi connectivity index (χ0) is 21.5. The number of rotatable bonds is 10. The minimum absolute atomic E-state index is 0.125. The largest absolute Gasteiger partial charge is 0.467 e. The Kier molecular flexibility index (Phi) is 7.70. The van der Waals surface area contributed by atoms with E-state index >= 15 is 0 Å². The van der Waals surface area contributed by atoms with Gasteiger partial charge in [-0.05, 0) is 36.8 Å². The second kappa shape index (κ2) is 10.4. The predicted molar refractivity (Wildman–Crippen MR) is 117 cm³/mol. The van der Waals surface area contributed by atoms with Crippen LogP contribution in [0, 0.1) is 0 Å². The molecule has 0 saturated heterocycles. The van der Waals surface area contributed by atoms with E-state index in [1.165, 1.54) is 0 Å². The van der Waals surface area contributed by atoms with Crippen LogP contribution >= 0.6 is 11.8 Å². The lowest BCUT2D eigenvalue weighted by Gasteiger charge is -2.18. The fraction of sp³-hybridized carbons (Fsp3) is 0.409. The third-order valence-corrected chi connectivity index (χ3v) is 5.66. The third kappa shape index (κ3) is 5.52. The molecule has 0 radical (unpaired) electrons. The molecule has 0 spiro atoms. The number of nitrogens with one attached hydrogen (secondary N) is 1. The molecule has 0 fully saturated rings. The molecule has 7 nitrogen and oxygen atoms in total. The topological polar surface area (TPSA) is 82.2 Å². The number of benzene rings is 1. The van der Waals surface area contributed by atoms with Gasteiger partial charge in [-0.3, -0.25) is 4.79 Å². The number of hydrogen-bond donors (Lipinski definition) is 1. The van der Waals surface area contributed by atoms with E-state index in [1.54, 1.807) is 31.2 Å². The van der Waals surface area contributed by atoms with Crippen molar-refractivity contribution in [1.29, 1.82) is 0 Å². The fourth-order valence-electron chi connectivity index (χ4n) is 3.09. The maximum atomic E-state index is 12.3. The van der Waals surface area contributed by atoms with E-state index in [9.17, 15) is 4.79 Å². The summed E-state index contributed by atoms with van der Waals surface area (Å²) < 4.78 is 12.7. The van der Waals surface area contributed by atoms with E-state index in [4.69, 9.17) is 9.15 Å². The average molecular weight is 429 g/mol. The zero-order valence-corrected chi connectivity index (χ0v) is 18.6. The van der Waals surface area contributed by atoms with E-state index < -0.39 is 0 Å². The number of carbonyl (C=O) groups is 1. The van der Waals surface area contributed by atoms with Gasteiger partial charge in [-0.2, -0.15) is 0 Å². The minimum Gasteiger partial charge on any atom is -0.467 e. The SMILES string of the molecule is COC[C@@H](C)n1c(SCc2ccc(C(=O)NCc3ccco3)cc2)nnc1C(C)C. The van der Waals surface area contributed by atoms with Crippen LogP contribution in [-0.2, 0) is 17.0 Å². The molecule has 1 atom stereocenters. The van der Waals surface area contributed by atoms with Gasteiger partial charge in [-0.15, -0.1) is 10.2 Å². The van der Waals surface area contributed by atoms with Crippen molar-refractivity contribution in [1.82, 2.24) is 20.1 Å². The molecule has 0 aliphatic rings. The first-order chi connectivity index (χ1) is 14.5. The van der Waals surface area contributed by atoms with E-state index in [0.717, 1.165) is 28.1 Å². The Morgan fingerprint density at radius 2 is 1.97 bits per heavy atom. The van der Waals surface area contributed by atoms with Gasteiger partial charge in [0, 0.05) is 24.3 Å². The smallest absolute Gasteiger partial charge is 0.251 e. The molecular weight excluding hydrogens is 400 g/mol. The van der Waals surface area contributed by atoms with Gasteiger partial charge in [0.1, 0.15) is 11.6 Å². The van der Waals surface area contributed by atoms with Gasteiger partial charge in [0.2, 0.25) is 0 Å². The van der Waals surface area contributed by atoms with Crippen LogP contribution in [0.3, 0.4) is 0 Å². The van der Waals surface area contributed by atoms with Crippen molar-refractivity contribution in [2.24, 2.45) is 0 Å². The molecule has 8 heteroatoms. The summed E-state index contributed by atoms with van der Waals surface area (Å²) in [7, 11) is 1.70. The number of aromatic nitrogens is 3. The number of hydrogen-bond acceptors (Lipinski definition) is 6. The number of amides is 1. The summed E-state index contributed by atoms with van der Waals surface area (Å²) in [6.07, 6.45) is 1.59. The van der Waals surface area contributed by atoms with Crippen LogP contribution in [0.2, 0.25) is 0 Å². The van der Waals surface area contributed by atoms with Gasteiger partial charge >= 0.3 is 0 Å². The van der Waals surface area contributed by atoms with Crippen molar-refractivity contribution in [3.05, 3.63) is 65.4 Å². The molecule has 0 aliphatic heterocycles. The highest BCUT2D eigenvalue weighted by atomic mass is 32.2. The van der Waals surface area contributed by atoms with Crippen LogP contribution in [0.15, 0.2) is 52.2 Å². The van der Waals surface area contributed by atoms with Crippen molar-refractivity contribution in [3.8, 4) is 0 Å². The van der Waals surface area contributed by atoms with Crippen molar-refractivity contribution in [3.63, 3.8) is 0 Å². The van der Waals surface area contributed by atoms with Gasteiger partial charge in [0.25, 0.3) is 5.91 Å². The van der Waals surface area contributed by atoms with E-state index in [1.807, 2.05) is 30.3 Å². The van der Waals surface area contributed by atoms with Crippen LogP contribution in [-0.4, -0.2) is 34.4 Å². The normalized spacial score (nSPS) is 12.3. The Labute approximate surface area is 181 Å². The molecule has 3 rings (SSSR count). The fourth-order valence-corrected chi connectivity index (χ4v) is 4.09. The number of nitrogens with zero attached hydrogens (tertiary/aromatic N) is 3. The monoisotopic (exact) mass is 428 g/mol. The number of methoxy groups -OCH3 is 1. The lowest BCUT2D eigenvalue weighted by atomic mass is 10.1. The Morgan fingerprint density at radius 3 is 2.60 bits per heavy atom. The van der Waals surface area contributed by atoms with E-state index in [0.29, 0.717) is 18.7 Å². The molecule has 1 aromatic carbocycles. The highest BCUT2D eigenvalue weighted by Crippen LogP contribution is 2.28. The Morgan fingerprint density at radius 1 is 1.20 bits per heavy atom. The molecule has 2 aromatic heterocycles. The van der Waals surface area contributed by atoms with Gasteiger partial charge in [-0.1, -0.05) is 37.7 Å². The summed E-state index contributed by atoms with van der Waals surface area (Å²) in [5, 5.41) is 12.5. The predicted octanol–water partition coefficient (Wildman–Crippen LogP) is 4.42. The van der Waals surface area contributed by atoms with Crippen molar-refractivity contribution < 1.29 is 13.9 Å². The van der Waals surface area contributed by atoms with Gasteiger partial charge in [0.15, 0.2) is 5.16 Å². The Bertz CT molecular complexity index is 936. The zero-order valence-electron chi connectivity index (χ0n) is 17.8. The third-order valence-electron chi connectivity index (χ3n) is 4.64. The van der Waals surface area contributed by atoms with E-state index in [2.05, 4.69) is 40.9 Å². The molecule has 0 bridgehead atoms. The first kappa shape index (κ1) is 22.1. The molecule has 0 aliphatic carbocycles. The standard InChI is InChI=1S/C22H28N4O3S/c1-15(2)20-24-25-22(26(20)16(3)13-28-4)30-14-17-7-9-18(10-8-17)21(27)23-12-19-6-5-11-29-19/h5-11,15-16H,12-14H2,1-4H3,(H,23,27)/t16-/m1/s1. The van der Waals surface area contributed by atoms with Gasteiger partial charge in [0.05, 0.1) is 25.5 Å². The number of carbonyl (C=O) groups excluding carboxylic acids is 1. The summed E-state index contributed by atoms with van der Waals surface area (Å²) >= 11 is 1.64. The number of ether oxygens (including phenoxy) is 1. The summed E-state index contributed by atoms with van der Waals surface area (Å²) in [6.45, 7) is 7.32. The second-order valence-electron chi connectivity index (χ2n) is 7.42. The Hall–Kier alpha value is -2.58. The molecule has 1 N–H and O–H groups in total. The van der Waals surface area contributed by atoms with Crippen molar-refractivity contribution in [2.75, 3.05) is 13.7 Å². The summed E-state index contributed by atoms with van der Waals surface area (Å²) in [5.74, 6) is 2.59.